The number of amides is 1. The van der Waals surface area contributed by atoms with E-state index in [9.17, 15) is 9.18 Å². The van der Waals surface area contributed by atoms with Crippen molar-refractivity contribution >= 4 is 28.7 Å². The highest BCUT2D eigenvalue weighted by Gasteiger charge is 2.25. The number of alkyl halides is 1. The fraction of sp³-hybridized carbons (Fsp3) is 0.344. The minimum atomic E-state index is -0.379. The van der Waals surface area contributed by atoms with Crippen LogP contribution in [0.5, 0.6) is 5.75 Å². The van der Waals surface area contributed by atoms with Gasteiger partial charge in [-0.1, -0.05) is 54.1 Å². The van der Waals surface area contributed by atoms with Crippen LogP contribution in [0.2, 0.25) is 5.02 Å². The van der Waals surface area contributed by atoms with Gasteiger partial charge < -0.3 is 10.5 Å². The van der Waals surface area contributed by atoms with Gasteiger partial charge in [-0.25, -0.2) is 0 Å². The third-order valence-electron chi connectivity index (χ3n) is 7.60. The molecule has 1 aliphatic heterocycles. The van der Waals surface area contributed by atoms with Crippen molar-refractivity contribution in [3.8, 4) is 5.75 Å². The van der Waals surface area contributed by atoms with Crippen LogP contribution in [0.15, 0.2) is 83.5 Å². The molecule has 0 unspecified atom stereocenters. The third-order valence-corrected chi connectivity index (χ3v) is 7.85. The summed E-state index contributed by atoms with van der Waals surface area (Å²) in [5.74, 6) is 0.463. The quantitative estimate of drug-likeness (QED) is 0.401. The van der Waals surface area contributed by atoms with Crippen LogP contribution in [-0.2, 0) is 4.79 Å². The Morgan fingerprint density at radius 2 is 1.82 bits per heavy atom. The van der Waals surface area contributed by atoms with Crippen molar-refractivity contribution in [2.75, 3.05) is 26.3 Å². The summed E-state index contributed by atoms with van der Waals surface area (Å²) in [5.41, 5.74) is 13.3. The van der Waals surface area contributed by atoms with Crippen LogP contribution in [0.1, 0.15) is 49.7 Å². The fourth-order valence-corrected chi connectivity index (χ4v) is 5.78. The number of rotatable bonds is 8. The summed E-state index contributed by atoms with van der Waals surface area (Å²) < 4.78 is 18.8. The zero-order valence-electron chi connectivity index (χ0n) is 21.6. The molecule has 2 aromatic carbocycles. The predicted molar refractivity (Wildman–Crippen MR) is 153 cm³/mol. The molecule has 1 amide bonds. The molecule has 1 fully saturated rings. The van der Waals surface area contributed by atoms with E-state index in [1.54, 1.807) is 0 Å². The van der Waals surface area contributed by atoms with Gasteiger partial charge >= 0.3 is 0 Å². The number of likely N-dealkylation sites (tertiary alicyclic amines) is 1. The number of hydrogen-bond donors (Lipinski definition) is 1. The molecule has 2 aliphatic carbocycles. The molecule has 2 N–H and O–H groups in total. The maximum absolute atomic E-state index is 12.5. The minimum absolute atomic E-state index is 0.124. The number of allylic oxidation sites excluding steroid dienone is 7. The van der Waals surface area contributed by atoms with Gasteiger partial charge in [0.15, 0.2) is 0 Å². The fourth-order valence-electron chi connectivity index (χ4n) is 5.65. The Kier molecular flexibility index (Phi) is 8.45. The van der Waals surface area contributed by atoms with Crippen molar-refractivity contribution in [2.24, 2.45) is 5.73 Å². The molecule has 1 saturated heterocycles. The number of carbonyl (C=O) groups excluding carboxylic acids is 1. The van der Waals surface area contributed by atoms with Crippen molar-refractivity contribution < 1.29 is 13.9 Å². The molecular formula is C32H34ClFN2O2. The van der Waals surface area contributed by atoms with Gasteiger partial charge in [0, 0.05) is 30.2 Å². The van der Waals surface area contributed by atoms with Gasteiger partial charge in [0.1, 0.15) is 11.9 Å². The first-order chi connectivity index (χ1) is 18.5. The van der Waals surface area contributed by atoms with E-state index in [4.69, 9.17) is 22.1 Å². The number of hydrogen-bond acceptors (Lipinski definition) is 3. The number of halogens is 2. The molecule has 0 saturated carbocycles. The Bertz CT molecular complexity index is 1290. The summed E-state index contributed by atoms with van der Waals surface area (Å²) >= 11 is 6.21. The van der Waals surface area contributed by atoms with E-state index >= 15 is 0 Å². The number of nitrogens with two attached hydrogens (primary N) is 1. The summed E-state index contributed by atoms with van der Waals surface area (Å²) in [6, 6.07) is 16.4. The van der Waals surface area contributed by atoms with Crippen LogP contribution in [0.25, 0.3) is 11.1 Å². The van der Waals surface area contributed by atoms with Gasteiger partial charge in [-0.2, -0.15) is 0 Å². The number of ether oxygens (including phenoxy) is 1. The zero-order valence-corrected chi connectivity index (χ0v) is 22.4. The van der Waals surface area contributed by atoms with Gasteiger partial charge in [0.25, 0.3) is 0 Å². The molecule has 2 aromatic rings. The van der Waals surface area contributed by atoms with Crippen LogP contribution >= 0.6 is 11.6 Å². The average Bonchev–Trinajstić information content (AvgIpc) is 3.14. The summed E-state index contributed by atoms with van der Waals surface area (Å²) in [4.78, 5) is 14.2. The number of fused-ring (bicyclic) bond motifs is 1. The van der Waals surface area contributed by atoms with Crippen molar-refractivity contribution in [3.05, 3.63) is 99.6 Å². The van der Waals surface area contributed by atoms with Crippen molar-refractivity contribution in [1.29, 1.82) is 0 Å². The SMILES string of the molecule is NC(=O)C1=CC=C2C(=CC1)CCCC(c1ccc(Cl)cc1)=C2c1ccc(O[C@H]2CCN(CCCF)C2)cc1. The van der Waals surface area contributed by atoms with E-state index in [0.29, 0.717) is 23.4 Å². The second kappa shape index (κ2) is 12.1. The van der Waals surface area contributed by atoms with Gasteiger partial charge in [-0.05, 0) is 96.2 Å². The van der Waals surface area contributed by atoms with Crippen molar-refractivity contribution in [1.82, 2.24) is 4.90 Å². The number of primary amides is 1. The van der Waals surface area contributed by atoms with E-state index in [2.05, 4.69) is 41.3 Å². The monoisotopic (exact) mass is 532 g/mol. The Hall–Kier alpha value is -3.15. The molecular weight excluding hydrogens is 499 g/mol. The van der Waals surface area contributed by atoms with Gasteiger partial charge in [0.2, 0.25) is 5.91 Å². The first-order valence-electron chi connectivity index (χ1n) is 13.5. The van der Waals surface area contributed by atoms with E-state index in [1.165, 1.54) is 16.7 Å². The maximum atomic E-state index is 12.5. The minimum Gasteiger partial charge on any atom is -0.489 e. The largest absolute Gasteiger partial charge is 0.489 e. The molecule has 38 heavy (non-hydrogen) atoms. The standard InChI is InChI=1S/C32H34ClFN2O2/c33-26-12-7-23(8-13-26)29-4-1-3-22-5-6-25(32(35)37)11-16-30(22)31(29)24-9-14-27(15-10-24)38-28-17-20-36(21-28)19-2-18-34/h5,7-16,28H,1-4,6,17-21H2,(H2,35,37)/t28-/m0/s1. The molecule has 1 atom stereocenters. The normalized spacial score (nSPS) is 20.2. The number of benzene rings is 2. The van der Waals surface area contributed by atoms with E-state index in [-0.39, 0.29) is 18.7 Å². The second-order valence-corrected chi connectivity index (χ2v) is 10.6. The van der Waals surface area contributed by atoms with E-state index < -0.39 is 0 Å². The average molecular weight is 533 g/mol. The smallest absolute Gasteiger partial charge is 0.244 e. The predicted octanol–water partition coefficient (Wildman–Crippen LogP) is 6.92. The molecule has 198 valence electrons. The lowest BCUT2D eigenvalue weighted by atomic mass is 9.86. The van der Waals surface area contributed by atoms with Crippen molar-refractivity contribution in [3.63, 3.8) is 0 Å². The first kappa shape index (κ1) is 26.5. The molecule has 3 aliphatic rings. The lowest BCUT2D eigenvalue weighted by Gasteiger charge is -2.19. The van der Waals surface area contributed by atoms with Crippen LogP contribution in [0.3, 0.4) is 0 Å². The summed E-state index contributed by atoms with van der Waals surface area (Å²) in [5, 5.41) is 0.712. The van der Waals surface area contributed by atoms with E-state index in [0.717, 1.165) is 67.8 Å². The second-order valence-electron chi connectivity index (χ2n) is 10.2. The molecule has 0 spiro atoms. The van der Waals surface area contributed by atoms with E-state index in [1.807, 2.05) is 30.3 Å². The molecule has 4 nitrogen and oxygen atoms in total. The Balaban J connectivity index is 1.49. The molecule has 6 heteroatoms. The van der Waals surface area contributed by atoms with Gasteiger partial charge in [-0.3, -0.25) is 14.1 Å². The topological polar surface area (TPSA) is 55.6 Å². The van der Waals surface area contributed by atoms with Crippen LogP contribution in [0, 0.1) is 0 Å². The molecule has 0 aromatic heterocycles. The Labute approximate surface area is 229 Å². The van der Waals surface area contributed by atoms with Crippen LogP contribution in [0.4, 0.5) is 4.39 Å². The highest BCUT2D eigenvalue weighted by molar-refractivity contribution is 6.30. The Morgan fingerprint density at radius 3 is 2.55 bits per heavy atom. The lowest BCUT2D eigenvalue weighted by Crippen LogP contribution is -2.26. The maximum Gasteiger partial charge on any atom is 0.244 e. The first-order valence-corrected chi connectivity index (χ1v) is 13.8. The van der Waals surface area contributed by atoms with Crippen molar-refractivity contribution in [2.45, 2.75) is 44.6 Å². The van der Waals surface area contributed by atoms with Crippen LogP contribution < -0.4 is 10.5 Å². The summed E-state index contributed by atoms with van der Waals surface area (Å²) in [6.45, 7) is 2.30. The highest BCUT2D eigenvalue weighted by atomic mass is 35.5. The lowest BCUT2D eigenvalue weighted by molar-refractivity contribution is -0.114. The zero-order chi connectivity index (χ0) is 26.5. The number of nitrogens with zero attached hydrogens (tertiary/aromatic N) is 1. The van der Waals surface area contributed by atoms with Crippen LogP contribution in [-0.4, -0.2) is 43.2 Å². The highest BCUT2D eigenvalue weighted by Crippen LogP contribution is 2.44. The summed E-state index contributed by atoms with van der Waals surface area (Å²) in [6.07, 6.45) is 11.2. The van der Waals surface area contributed by atoms with Gasteiger partial charge in [-0.15, -0.1) is 0 Å². The third kappa shape index (κ3) is 6.11. The number of carbonyl (C=O) groups is 1. The molecule has 5 rings (SSSR count). The molecule has 0 radical (unpaired) electrons. The molecule has 0 bridgehead atoms. The Morgan fingerprint density at radius 1 is 1.05 bits per heavy atom. The van der Waals surface area contributed by atoms with Gasteiger partial charge in [0.05, 0.1) is 6.67 Å². The molecule has 1 heterocycles. The summed E-state index contributed by atoms with van der Waals surface area (Å²) in [7, 11) is 0.